The summed E-state index contributed by atoms with van der Waals surface area (Å²) < 4.78 is 29.1. The fourth-order valence-corrected chi connectivity index (χ4v) is 5.68. The summed E-state index contributed by atoms with van der Waals surface area (Å²) in [6, 6.07) is 9.92. The Morgan fingerprint density at radius 3 is 2.09 bits per heavy atom. The first-order valence-electron chi connectivity index (χ1n) is 14.1. The number of carboxylic acids is 2. The number of nitrogens with two attached hydrogens (primary N) is 2. The van der Waals surface area contributed by atoms with Crippen molar-refractivity contribution in [1.29, 1.82) is 0 Å². The zero-order valence-corrected chi connectivity index (χ0v) is 26.2. The average Bonchev–Trinajstić information content (AvgIpc) is 2.92. The number of sulfonamides is 1. The summed E-state index contributed by atoms with van der Waals surface area (Å²) >= 11 is 0. The summed E-state index contributed by atoms with van der Waals surface area (Å²) in [6.45, 7) is 3.05. The Bertz CT molecular complexity index is 1320. The van der Waals surface area contributed by atoms with Gasteiger partial charge in [-0.1, -0.05) is 31.4 Å². The van der Waals surface area contributed by atoms with Crippen molar-refractivity contribution in [2.75, 3.05) is 32.1 Å². The zero-order chi connectivity index (χ0) is 32.6. The van der Waals surface area contributed by atoms with E-state index in [2.05, 4.69) is 15.0 Å². The van der Waals surface area contributed by atoms with Crippen LogP contribution in [0.1, 0.15) is 58.8 Å². The molecule has 3 rings (SSSR count). The maximum Gasteiger partial charge on any atom is 0.300 e. The molecule has 0 saturated heterocycles. The van der Waals surface area contributed by atoms with Crippen LogP contribution in [-0.2, 0) is 24.4 Å². The number of rotatable bonds is 11. The Labute approximate surface area is 253 Å². The molecule has 43 heavy (non-hydrogen) atoms. The highest BCUT2D eigenvalue weighted by Crippen LogP contribution is 2.25. The van der Waals surface area contributed by atoms with Crippen LogP contribution in [0.15, 0.2) is 46.3 Å². The molecule has 1 aliphatic carbocycles. The Balaban J connectivity index is 0.00000103. The van der Waals surface area contributed by atoms with Crippen molar-refractivity contribution in [2.45, 2.75) is 69.7 Å². The predicted octanol–water partition coefficient (Wildman–Crippen LogP) is 2.48. The van der Waals surface area contributed by atoms with Crippen molar-refractivity contribution in [2.24, 2.45) is 22.4 Å². The van der Waals surface area contributed by atoms with Crippen LogP contribution < -0.4 is 26.4 Å². The van der Waals surface area contributed by atoms with E-state index in [4.69, 9.17) is 31.3 Å². The number of carbonyl (C=O) groups excluding carboxylic acids is 1. The Kier molecular flexibility index (Phi) is 16.0. The quantitative estimate of drug-likeness (QED) is 0.122. The molecule has 1 aliphatic rings. The van der Waals surface area contributed by atoms with E-state index in [9.17, 15) is 13.2 Å². The van der Waals surface area contributed by atoms with E-state index in [1.165, 1.54) is 19.3 Å². The fraction of sp³-hybridized carbons (Fsp3) is 0.517. The number of aliphatic carboxylic acids is 2. The predicted molar refractivity (Wildman–Crippen MR) is 168 cm³/mol. The Morgan fingerprint density at radius 2 is 1.53 bits per heavy atom. The molecule has 2 aromatic carbocycles. The summed E-state index contributed by atoms with van der Waals surface area (Å²) in [6.07, 6.45) is 6.51. The van der Waals surface area contributed by atoms with Crippen LogP contribution in [0.25, 0.3) is 10.8 Å². The number of fused-ring (bicyclic) bond motifs is 1. The second-order valence-electron chi connectivity index (χ2n) is 10.5. The molecule has 8 N–H and O–H groups in total. The second kappa shape index (κ2) is 18.6. The molecule has 2 aromatic rings. The summed E-state index contributed by atoms with van der Waals surface area (Å²) in [5.74, 6) is -1.57. The van der Waals surface area contributed by atoms with Crippen LogP contribution >= 0.6 is 0 Å². The molecule has 0 unspecified atom stereocenters. The smallest absolute Gasteiger partial charge is 0.300 e. The SMILES string of the molecule is CC(=O)O.CC(=O)O.CN(C)c1ccc2cc(S(=O)(=O)N[C@@H](CCCN=C(N)N)C(=O)NCC3CCCCC3)ccc2c1. The molecular weight excluding hydrogens is 576 g/mol. The normalized spacial score (nSPS) is 13.8. The van der Waals surface area contributed by atoms with Crippen molar-refractivity contribution in [3.63, 3.8) is 0 Å². The zero-order valence-electron chi connectivity index (χ0n) is 25.4. The monoisotopic (exact) mass is 622 g/mol. The molecule has 14 heteroatoms. The number of hydrogen-bond donors (Lipinski definition) is 6. The molecular formula is C29H46N6O7S. The number of nitrogens with zero attached hydrogens (tertiary/aromatic N) is 2. The molecule has 0 aromatic heterocycles. The fourth-order valence-electron chi connectivity index (χ4n) is 4.42. The van der Waals surface area contributed by atoms with E-state index in [-0.39, 0.29) is 23.2 Å². The van der Waals surface area contributed by atoms with Gasteiger partial charge >= 0.3 is 0 Å². The maximum atomic E-state index is 13.2. The molecule has 13 nitrogen and oxygen atoms in total. The number of guanidine groups is 1. The minimum atomic E-state index is -3.93. The van der Waals surface area contributed by atoms with Gasteiger partial charge in [-0.3, -0.25) is 19.4 Å². The van der Waals surface area contributed by atoms with E-state index in [1.54, 1.807) is 18.2 Å². The number of aliphatic imine (C=N–C) groups is 1. The minimum Gasteiger partial charge on any atom is -0.481 e. The van der Waals surface area contributed by atoms with Crippen LogP contribution in [0.4, 0.5) is 5.69 Å². The first-order chi connectivity index (χ1) is 20.1. The molecule has 0 spiro atoms. The first kappa shape index (κ1) is 37.1. The molecule has 0 heterocycles. The van der Waals surface area contributed by atoms with Gasteiger partial charge in [-0.05, 0) is 66.6 Å². The van der Waals surface area contributed by atoms with E-state index in [1.807, 2.05) is 37.2 Å². The van der Waals surface area contributed by atoms with Crippen LogP contribution in [0.5, 0.6) is 0 Å². The Hall–Kier alpha value is -3.91. The van der Waals surface area contributed by atoms with Gasteiger partial charge in [-0.2, -0.15) is 4.72 Å². The van der Waals surface area contributed by atoms with Crippen LogP contribution in [0.3, 0.4) is 0 Å². The summed E-state index contributed by atoms with van der Waals surface area (Å²) in [4.78, 5) is 37.1. The summed E-state index contributed by atoms with van der Waals surface area (Å²) in [5.41, 5.74) is 11.8. The van der Waals surface area contributed by atoms with Gasteiger partial charge in [0.1, 0.15) is 6.04 Å². The van der Waals surface area contributed by atoms with Crippen molar-refractivity contribution in [3.8, 4) is 0 Å². The molecule has 240 valence electrons. The summed E-state index contributed by atoms with van der Waals surface area (Å²) in [5, 5.41) is 19.5. The lowest BCUT2D eigenvalue weighted by Gasteiger charge is -2.24. The van der Waals surface area contributed by atoms with Gasteiger partial charge in [0.15, 0.2) is 5.96 Å². The standard InChI is InChI=1S/C25H38N6O3S.2C2H4O2/c1-31(2)21-12-10-20-16-22(13-11-19(20)15-21)35(33,34)30-23(9-6-14-28-25(26)27)24(32)29-17-18-7-4-3-5-8-18;2*1-2(3)4/h10-13,15-16,18,23,30H,3-9,14,17H2,1-2H3,(H,29,32)(H4,26,27,28);2*1H3,(H,3,4)/t23-;;/m0../s1. The largest absolute Gasteiger partial charge is 0.481 e. The molecule has 1 atom stereocenters. The topological polar surface area (TPSA) is 218 Å². The van der Waals surface area contributed by atoms with Gasteiger partial charge in [0.2, 0.25) is 15.9 Å². The number of hydrogen-bond acceptors (Lipinski definition) is 7. The highest BCUT2D eigenvalue weighted by Gasteiger charge is 2.26. The van der Waals surface area contributed by atoms with Gasteiger partial charge in [0.25, 0.3) is 11.9 Å². The van der Waals surface area contributed by atoms with Gasteiger partial charge in [-0.25, -0.2) is 8.42 Å². The number of amides is 1. The molecule has 1 saturated carbocycles. The molecule has 0 aliphatic heterocycles. The van der Waals surface area contributed by atoms with Crippen LogP contribution in [-0.4, -0.2) is 75.7 Å². The highest BCUT2D eigenvalue weighted by atomic mass is 32.2. The van der Waals surface area contributed by atoms with Crippen molar-refractivity contribution in [3.05, 3.63) is 36.4 Å². The van der Waals surface area contributed by atoms with E-state index in [0.717, 1.165) is 43.1 Å². The van der Waals surface area contributed by atoms with Gasteiger partial charge in [0.05, 0.1) is 4.90 Å². The number of nitrogens with one attached hydrogen (secondary N) is 2. The van der Waals surface area contributed by atoms with Crippen molar-refractivity contribution < 1.29 is 33.0 Å². The third-order valence-electron chi connectivity index (χ3n) is 6.47. The van der Waals surface area contributed by atoms with E-state index in [0.29, 0.717) is 25.4 Å². The van der Waals surface area contributed by atoms with E-state index >= 15 is 0 Å². The molecule has 0 bridgehead atoms. The third kappa shape index (κ3) is 15.2. The van der Waals surface area contributed by atoms with Crippen LogP contribution in [0.2, 0.25) is 0 Å². The summed E-state index contributed by atoms with van der Waals surface area (Å²) in [7, 11) is -0.0157. The maximum absolute atomic E-state index is 13.2. The minimum absolute atomic E-state index is 0.0301. The second-order valence-corrected chi connectivity index (χ2v) is 12.2. The lowest BCUT2D eigenvalue weighted by Crippen LogP contribution is -2.47. The molecule has 1 fully saturated rings. The van der Waals surface area contributed by atoms with Crippen molar-refractivity contribution in [1.82, 2.24) is 10.0 Å². The van der Waals surface area contributed by atoms with Gasteiger partial charge in [0, 0.05) is 46.7 Å². The third-order valence-corrected chi connectivity index (χ3v) is 7.94. The number of carbonyl (C=O) groups is 3. The van der Waals surface area contributed by atoms with E-state index < -0.39 is 28.0 Å². The van der Waals surface area contributed by atoms with Crippen molar-refractivity contribution >= 4 is 50.3 Å². The molecule has 1 amide bonds. The first-order valence-corrected chi connectivity index (χ1v) is 15.6. The lowest BCUT2D eigenvalue weighted by molar-refractivity contribution is -0.135. The average molecular weight is 623 g/mol. The van der Waals surface area contributed by atoms with Gasteiger partial charge in [-0.15, -0.1) is 0 Å². The number of anilines is 1. The van der Waals surface area contributed by atoms with Crippen LogP contribution in [0, 0.1) is 5.92 Å². The lowest BCUT2D eigenvalue weighted by atomic mass is 9.89. The molecule has 0 radical (unpaired) electrons. The van der Waals surface area contributed by atoms with Gasteiger partial charge < -0.3 is 31.9 Å². The number of benzene rings is 2. The highest BCUT2D eigenvalue weighted by molar-refractivity contribution is 7.89. The Morgan fingerprint density at radius 1 is 0.977 bits per heavy atom. The number of carboxylic acid groups (broad SMARTS) is 2.